The number of hydrogen-bond acceptors (Lipinski definition) is 2. The molecule has 1 heterocycles. The van der Waals surface area contributed by atoms with Crippen molar-refractivity contribution in [3.05, 3.63) is 0 Å². The molecule has 0 bridgehead atoms. The molecule has 2 fully saturated rings. The minimum atomic E-state index is -0.00596. The van der Waals surface area contributed by atoms with Crippen molar-refractivity contribution in [3.8, 4) is 0 Å². The van der Waals surface area contributed by atoms with E-state index >= 15 is 0 Å². The van der Waals surface area contributed by atoms with Crippen LogP contribution in [0.5, 0.6) is 0 Å². The van der Waals surface area contributed by atoms with Crippen molar-refractivity contribution in [2.75, 3.05) is 13.1 Å². The third kappa shape index (κ3) is 2.28. The van der Waals surface area contributed by atoms with Crippen LogP contribution in [0, 0.1) is 11.3 Å². The monoisotopic (exact) mass is 225 g/mol. The van der Waals surface area contributed by atoms with E-state index in [-0.39, 0.29) is 11.2 Å². The smallest absolute Gasteiger partial charge is 0.0839 e. The summed E-state index contributed by atoms with van der Waals surface area (Å²) in [5.41, 5.74) is 0.584. The molecule has 16 heavy (non-hydrogen) atoms. The Kier molecular flexibility index (Phi) is 2.87. The maximum Gasteiger partial charge on any atom is 0.0839 e. The first-order valence-electron chi connectivity index (χ1n) is 6.66. The Hall–Kier alpha value is -0.0800. The second-order valence-corrected chi connectivity index (χ2v) is 7.30. The number of nitrogens with one attached hydrogen (secondary N) is 1. The molecule has 2 unspecified atom stereocenters. The molecule has 0 radical (unpaired) electrons. The summed E-state index contributed by atoms with van der Waals surface area (Å²) in [4.78, 5) is 0. The van der Waals surface area contributed by atoms with E-state index in [1.54, 1.807) is 0 Å². The van der Waals surface area contributed by atoms with Crippen molar-refractivity contribution in [1.82, 2.24) is 5.32 Å². The predicted molar refractivity (Wildman–Crippen MR) is 67.6 cm³/mol. The van der Waals surface area contributed by atoms with Gasteiger partial charge in [0.05, 0.1) is 11.2 Å². The quantitative estimate of drug-likeness (QED) is 0.684. The fourth-order valence-electron chi connectivity index (χ4n) is 3.53. The van der Waals surface area contributed by atoms with E-state index in [0.717, 1.165) is 13.1 Å². The summed E-state index contributed by atoms with van der Waals surface area (Å²) < 4.78 is 6.45. The Bertz CT molecular complexity index is 272. The second-order valence-electron chi connectivity index (χ2n) is 7.30. The van der Waals surface area contributed by atoms with Crippen LogP contribution in [0.15, 0.2) is 0 Å². The van der Waals surface area contributed by atoms with Crippen LogP contribution in [0.2, 0.25) is 0 Å². The van der Waals surface area contributed by atoms with Gasteiger partial charge in [0.15, 0.2) is 0 Å². The molecule has 2 aliphatic rings. The summed E-state index contributed by atoms with van der Waals surface area (Å²) in [5.74, 6) is 0.656. The van der Waals surface area contributed by atoms with Crippen molar-refractivity contribution < 1.29 is 4.74 Å². The highest BCUT2D eigenvalue weighted by atomic mass is 16.5. The first-order chi connectivity index (χ1) is 7.25. The van der Waals surface area contributed by atoms with Crippen molar-refractivity contribution in [3.63, 3.8) is 0 Å². The van der Waals surface area contributed by atoms with E-state index in [1.807, 2.05) is 0 Å². The second kappa shape index (κ2) is 3.71. The molecule has 0 aromatic carbocycles. The highest BCUT2D eigenvalue weighted by molar-refractivity contribution is 5.01. The van der Waals surface area contributed by atoms with Gasteiger partial charge in [0, 0.05) is 13.1 Å². The van der Waals surface area contributed by atoms with Crippen LogP contribution in [0.1, 0.15) is 53.9 Å². The SMILES string of the molecule is CC1CC(C)(C)CCC12CNCC(C)(C)O2. The molecule has 2 atom stereocenters. The van der Waals surface area contributed by atoms with Gasteiger partial charge < -0.3 is 10.1 Å². The van der Waals surface area contributed by atoms with Crippen LogP contribution in [0.4, 0.5) is 0 Å². The molecule has 1 spiro atoms. The van der Waals surface area contributed by atoms with Crippen molar-refractivity contribution in [2.24, 2.45) is 11.3 Å². The zero-order valence-corrected chi connectivity index (χ0v) is 11.5. The molecule has 0 amide bonds. The van der Waals surface area contributed by atoms with Crippen molar-refractivity contribution in [2.45, 2.75) is 65.1 Å². The molecule has 0 aromatic heterocycles. The zero-order valence-electron chi connectivity index (χ0n) is 11.5. The van der Waals surface area contributed by atoms with Gasteiger partial charge in [0.2, 0.25) is 0 Å². The summed E-state index contributed by atoms with van der Waals surface area (Å²) >= 11 is 0. The van der Waals surface area contributed by atoms with E-state index in [4.69, 9.17) is 4.74 Å². The van der Waals surface area contributed by atoms with Crippen LogP contribution in [-0.2, 0) is 4.74 Å². The lowest BCUT2D eigenvalue weighted by Crippen LogP contribution is -2.62. The van der Waals surface area contributed by atoms with Gasteiger partial charge in [-0.3, -0.25) is 0 Å². The minimum Gasteiger partial charge on any atom is -0.366 e. The van der Waals surface area contributed by atoms with Crippen LogP contribution < -0.4 is 5.32 Å². The van der Waals surface area contributed by atoms with E-state index < -0.39 is 0 Å². The highest BCUT2D eigenvalue weighted by Crippen LogP contribution is 2.47. The number of morpholine rings is 1. The molecule has 94 valence electrons. The Morgan fingerprint density at radius 2 is 1.75 bits per heavy atom. The first-order valence-corrected chi connectivity index (χ1v) is 6.66. The Balaban J connectivity index is 2.14. The zero-order chi connectivity index (χ0) is 12.0. The summed E-state index contributed by atoms with van der Waals surface area (Å²) in [6.07, 6.45) is 3.78. The topological polar surface area (TPSA) is 21.3 Å². The molecule has 1 aliphatic heterocycles. The van der Waals surface area contributed by atoms with E-state index in [2.05, 4.69) is 39.9 Å². The molecule has 2 rings (SSSR count). The maximum absolute atomic E-state index is 6.45. The van der Waals surface area contributed by atoms with Crippen LogP contribution in [-0.4, -0.2) is 24.3 Å². The van der Waals surface area contributed by atoms with Gasteiger partial charge in [-0.1, -0.05) is 20.8 Å². The number of rotatable bonds is 0. The van der Waals surface area contributed by atoms with Crippen molar-refractivity contribution in [1.29, 1.82) is 0 Å². The molecule has 1 N–H and O–H groups in total. The summed E-state index contributed by atoms with van der Waals surface area (Å²) in [5, 5.41) is 3.57. The van der Waals surface area contributed by atoms with Gasteiger partial charge in [0.25, 0.3) is 0 Å². The van der Waals surface area contributed by atoms with Gasteiger partial charge in [-0.15, -0.1) is 0 Å². The number of hydrogen-bond donors (Lipinski definition) is 1. The Morgan fingerprint density at radius 3 is 2.31 bits per heavy atom. The van der Waals surface area contributed by atoms with E-state index in [1.165, 1.54) is 19.3 Å². The van der Waals surface area contributed by atoms with Gasteiger partial charge in [-0.2, -0.15) is 0 Å². The van der Waals surface area contributed by atoms with Gasteiger partial charge in [-0.05, 0) is 44.4 Å². The highest BCUT2D eigenvalue weighted by Gasteiger charge is 2.49. The lowest BCUT2D eigenvalue weighted by molar-refractivity contribution is -0.207. The molecule has 0 aromatic rings. The fraction of sp³-hybridized carbons (Fsp3) is 1.00. The fourth-order valence-corrected chi connectivity index (χ4v) is 3.53. The van der Waals surface area contributed by atoms with Gasteiger partial charge in [0.1, 0.15) is 0 Å². The minimum absolute atomic E-state index is 0.00596. The Morgan fingerprint density at radius 1 is 1.06 bits per heavy atom. The molecule has 2 heteroatoms. The van der Waals surface area contributed by atoms with Crippen LogP contribution in [0.25, 0.3) is 0 Å². The lowest BCUT2D eigenvalue weighted by atomic mass is 9.64. The Labute approximate surface area is 100 Å². The van der Waals surface area contributed by atoms with Crippen LogP contribution in [0.3, 0.4) is 0 Å². The molecular weight excluding hydrogens is 198 g/mol. The predicted octanol–water partition coefficient (Wildman–Crippen LogP) is 2.97. The average molecular weight is 225 g/mol. The largest absolute Gasteiger partial charge is 0.366 e. The summed E-state index contributed by atoms with van der Waals surface area (Å²) in [7, 11) is 0. The normalized spacial score (nSPS) is 42.2. The summed E-state index contributed by atoms with van der Waals surface area (Å²) in [6, 6.07) is 0. The summed E-state index contributed by atoms with van der Waals surface area (Å²) in [6.45, 7) is 13.6. The van der Waals surface area contributed by atoms with Gasteiger partial charge >= 0.3 is 0 Å². The molecule has 1 aliphatic carbocycles. The average Bonchev–Trinajstić information content (AvgIpc) is 2.11. The third-order valence-electron chi connectivity index (χ3n) is 4.44. The lowest BCUT2D eigenvalue weighted by Gasteiger charge is -2.54. The van der Waals surface area contributed by atoms with Crippen molar-refractivity contribution >= 4 is 0 Å². The van der Waals surface area contributed by atoms with E-state index in [0.29, 0.717) is 11.3 Å². The maximum atomic E-state index is 6.45. The standard InChI is InChI=1S/C14H27NO/c1-11-8-12(2,3)6-7-14(11)10-15-9-13(4,5)16-14/h11,15H,6-10H2,1-5H3. The van der Waals surface area contributed by atoms with Gasteiger partial charge in [-0.25, -0.2) is 0 Å². The van der Waals surface area contributed by atoms with Crippen LogP contribution >= 0.6 is 0 Å². The molecule has 1 saturated carbocycles. The van der Waals surface area contributed by atoms with E-state index in [9.17, 15) is 0 Å². The third-order valence-corrected chi connectivity index (χ3v) is 4.44. The molecular formula is C14H27NO. The molecule has 1 saturated heterocycles. The molecule has 2 nitrogen and oxygen atoms in total. The first kappa shape index (κ1) is 12.4. The number of ether oxygens (including phenoxy) is 1.